The number of alkyl halides is 3. The second kappa shape index (κ2) is 7.90. The highest BCUT2D eigenvalue weighted by Crippen LogP contribution is 2.40. The molecule has 0 radical (unpaired) electrons. The lowest BCUT2D eigenvalue weighted by Crippen LogP contribution is -2.41. The van der Waals surface area contributed by atoms with Crippen LogP contribution in [0.5, 0.6) is 0 Å². The van der Waals surface area contributed by atoms with Crippen LogP contribution in [0.1, 0.15) is 29.8 Å². The number of aryl methyl sites for hydroxylation is 1. The lowest BCUT2D eigenvalue weighted by Gasteiger charge is -2.32. The van der Waals surface area contributed by atoms with E-state index in [0.29, 0.717) is 22.1 Å². The first-order chi connectivity index (χ1) is 14.9. The minimum absolute atomic E-state index is 0.237. The van der Waals surface area contributed by atoms with Gasteiger partial charge in [-0.1, -0.05) is 29.3 Å². The van der Waals surface area contributed by atoms with E-state index in [1.807, 2.05) is 0 Å². The topological polar surface area (TPSA) is 64.3 Å². The summed E-state index contributed by atoms with van der Waals surface area (Å²) in [5, 5.41) is 3.74. The maximum Gasteiger partial charge on any atom is 0.416 e. The minimum atomic E-state index is -4.57. The van der Waals surface area contributed by atoms with Crippen molar-refractivity contribution in [3.8, 4) is 0 Å². The molecule has 0 aliphatic carbocycles. The zero-order valence-electron chi connectivity index (χ0n) is 16.7. The molecule has 0 saturated heterocycles. The second-order valence-electron chi connectivity index (χ2n) is 7.45. The smallest absolute Gasteiger partial charge is 0.238 e. The van der Waals surface area contributed by atoms with Gasteiger partial charge in [0.2, 0.25) is 0 Å². The summed E-state index contributed by atoms with van der Waals surface area (Å²) in [4.78, 5) is 4.16. The summed E-state index contributed by atoms with van der Waals surface area (Å²) in [6.45, 7) is 3.32. The summed E-state index contributed by atoms with van der Waals surface area (Å²) in [5.74, 6) is 0.468. The number of benzene rings is 2. The van der Waals surface area contributed by atoms with E-state index in [0.717, 1.165) is 24.3 Å². The standard InChI is InChI=1S/C21H16Cl2F3N3O2S/c1-11-9-18-27-12(2)20(19(29(18)28-11)13-3-8-16(22)17(23)10-13)32(30,31)15-6-4-14(5-7-15)21(24,25)26/h3-10,19-20H,1-2H3. The van der Waals surface area contributed by atoms with Gasteiger partial charge in [-0.15, -0.1) is 0 Å². The Balaban J connectivity index is 1.89. The van der Waals surface area contributed by atoms with Crippen molar-refractivity contribution in [2.24, 2.45) is 4.99 Å². The third-order valence-corrected chi connectivity index (χ3v) is 8.16. The Bertz CT molecular complexity index is 1330. The highest BCUT2D eigenvalue weighted by Gasteiger charge is 2.43. The Morgan fingerprint density at radius 3 is 2.22 bits per heavy atom. The molecular formula is C21H16Cl2F3N3O2S. The third kappa shape index (κ3) is 3.93. The van der Waals surface area contributed by atoms with Crippen LogP contribution in [-0.2, 0) is 16.0 Å². The Labute approximate surface area is 192 Å². The largest absolute Gasteiger partial charge is 0.416 e. The van der Waals surface area contributed by atoms with Gasteiger partial charge in [0.05, 0.1) is 26.2 Å². The molecule has 0 bridgehead atoms. The fraction of sp³-hybridized carbons (Fsp3) is 0.238. The number of aromatic nitrogens is 2. The van der Waals surface area contributed by atoms with Crippen molar-refractivity contribution in [2.75, 3.05) is 0 Å². The molecule has 1 aliphatic heterocycles. The Kier molecular flexibility index (Phi) is 5.63. The number of fused-ring (bicyclic) bond motifs is 1. The number of halogens is 5. The first-order valence-corrected chi connectivity index (χ1v) is 11.7. The van der Waals surface area contributed by atoms with Gasteiger partial charge in [-0.05, 0) is 55.8 Å². The molecule has 0 amide bonds. The van der Waals surface area contributed by atoms with E-state index < -0.39 is 32.9 Å². The van der Waals surface area contributed by atoms with Gasteiger partial charge in [-0.2, -0.15) is 18.3 Å². The van der Waals surface area contributed by atoms with Crippen molar-refractivity contribution in [1.82, 2.24) is 9.78 Å². The van der Waals surface area contributed by atoms with Crippen LogP contribution in [0, 0.1) is 6.92 Å². The second-order valence-corrected chi connectivity index (χ2v) is 10.3. The number of aliphatic imine (C=N–C) groups is 1. The van der Waals surface area contributed by atoms with Crippen molar-refractivity contribution in [1.29, 1.82) is 0 Å². The Morgan fingerprint density at radius 1 is 0.969 bits per heavy atom. The molecule has 0 N–H and O–H groups in total. The molecule has 1 aromatic heterocycles. The zero-order valence-corrected chi connectivity index (χ0v) is 19.1. The van der Waals surface area contributed by atoms with Crippen LogP contribution in [0.3, 0.4) is 0 Å². The monoisotopic (exact) mass is 501 g/mol. The Morgan fingerprint density at radius 2 is 1.62 bits per heavy atom. The summed E-state index contributed by atoms with van der Waals surface area (Å²) < 4.78 is 67.6. The van der Waals surface area contributed by atoms with Gasteiger partial charge >= 0.3 is 6.18 Å². The molecule has 2 aromatic carbocycles. The first kappa shape index (κ1) is 22.8. The maximum absolute atomic E-state index is 13.6. The third-order valence-electron chi connectivity index (χ3n) is 5.22. The van der Waals surface area contributed by atoms with Crippen molar-refractivity contribution in [2.45, 2.75) is 36.2 Å². The van der Waals surface area contributed by atoms with E-state index in [9.17, 15) is 21.6 Å². The zero-order chi connectivity index (χ0) is 23.4. The Hall–Kier alpha value is -2.36. The van der Waals surface area contributed by atoms with Crippen LogP contribution in [0.2, 0.25) is 10.0 Å². The van der Waals surface area contributed by atoms with Gasteiger partial charge in [0.15, 0.2) is 15.7 Å². The van der Waals surface area contributed by atoms with E-state index in [2.05, 4.69) is 10.1 Å². The molecule has 1 aliphatic rings. The maximum atomic E-state index is 13.6. The van der Waals surface area contributed by atoms with Crippen LogP contribution in [0.4, 0.5) is 19.0 Å². The fourth-order valence-corrected chi connectivity index (χ4v) is 6.01. The van der Waals surface area contributed by atoms with Crippen LogP contribution < -0.4 is 0 Å². The first-order valence-electron chi connectivity index (χ1n) is 9.37. The van der Waals surface area contributed by atoms with Crippen LogP contribution in [0.15, 0.2) is 58.4 Å². The molecule has 0 spiro atoms. The van der Waals surface area contributed by atoms with Crippen molar-refractivity contribution >= 4 is 44.6 Å². The van der Waals surface area contributed by atoms with Gasteiger partial charge in [0, 0.05) is 11.8 Å². The van der Waals surface area contributed by atoms with Gasteiger partial charge in [0.25, 0.3) is 0 Å². The summed E-state index contributed by atoms with van der Waals surface area (Å²) >= 11 is 12.2. The molecule has 4 rings (SSSR count). The molecular weight excluding hydrogens is 486 g/mol. The van der Waals surface area contributed by atoms with Gasteiger partial charge in [-0.3, -0.25) is 0 Å². The molecule has 11 heteroatoms. The SMILES string of the molecule is CC1=Nc2cc(C)nn2C(c2ccc(Cl)c(Cl)c2)C1S(=O)(=O)c1ccc(C(F)(F)F)cc1. The summed E-state index contributed by atoms with van der Waals surface area (Å²) in [6, 6.07) is 9.05. The predicted molar refractivity (Wildman–Crippen MR) is 117 cm³/mol. The lowest BCUT2D eigenvalue weighted by molar-refractivity contribution is -0.137. The van der Waals surface area contributed by atoms with E-state index in [-0.39, 0.29) is 15.6 Å². The highest BCUT2D eigenvalue weighted by molar-refractivity contribution is 7.92. The number of hydrogen-bond acceptors (Lipinski definition) is 4. The van der Waals surface area contributed by atoms with Crippen molar-refractivity contribution in [3.05, 3.63) is 75.4 Å². The van der Waals surface area contributed by atoms with E-state index in [4.69, 9.17) is 23.2 Å². The number of rotatable bonds is 3. The van der Waals surface area contributed by atoms with Crippen LogP contribution in [0.25, 0.3) is 0 Å². The van der Waals surface area contributed by atoms with E-state index in [1.165, 1.54) is 4.68 Å². The molecule has 2 heterocycles. The molecule has 3 aromatic rings. The average molecular weight is 502 g/mol. The average Bonchev–Trinajstić information content (AvgIpc) is 3.08. The van der Waals surface area contributed by atoms with E-state index >= 15 is 0 Å². The normalized spacial score (nSPS) is 18.9. The van der Waals surface area contributed by atoms with Gasteiger partial charge in [0.1, 0.15) is 11.3 Å². The minimum Gasteiger partial charge on any atom is -0.238 e. The molecule has 2 unspecified atom stereocenters. The predicted octanol–water partition coefficient (Wildman–Crippen LogP) is 6.06. The van der Waals surface area contributed by atoms with Gasteiger partial charge < -0.3 is 0 Å². The number of sulfone groups is 1. The number of hydrogen-bond donors (Lipinski definition) is 0. The highest BCUT2D eigenvalue weighted by atomic mass is 35.5. The number of nitrogens with zero attached hydrogens (tertiary/aromatic N) is 3. The quantitative estimate of drug-likeness (QED) is 0.438. The van der Waals surface area contributed by atoms with Crippen LogP contribution in [-0.4, -0.2) is 29.2 Å². The van der Waals surface area contributed by atoms with E-state index in [1.54, 1.807) is 38.1 Å². The molecule has 0 fully saturated rings. The molecule has 0 saturated carbocycles. The molecule has 168 valence electrons. The lowest BCUT2D eigenvalue weighted by atomic mass is 9.99. The molecule has 2 atom stereocenters. The summed E-state index contributed by atoms with van der Waals surface area (Å²) in [7, 11) is -4.16. The van der Waals surface area contributed by atoms with Gasteiger partial charge in [-0.25, -0.2) is 18.1 Å². The molecule has 5 nitrogen and oxygen atoms in total. The van der Waals surface area contributed by atoms with Crippen molar-refractivity contribution in [3.63, 3.8) is 0 Å². The molecule has 32 heavy (non-hydrogen) atoms. The summed E-state index contributed by atoms with van der Waals surface area (Å²) in [6.07, 6.45) is -4.57. The van der Waals surface area contributed by atoms with Crippen LogP contribution >= 0.6 is 23.2 Å². The van der Waals surface area contributed by atoms with Crippen molar-refractivity contribution < 1.29 is 21.6 Å². The fourth-order valence-electron chi connectivity index (χ4n) is 3.78. The summed E-state index contributed by atoms with van der Waals surface area (Å²) in [5.41, 5.74) is 0.512.